The second-order valence-corrected chi connectivity index (χ2v) is 4.88. The molecule has 0 aliphatic carbocycles. The summed E-state index contributed by atoms with van der Waals surface area (Å²) >= 11 is 0. The van der Waals surface area contributed by atoms with Crippen LogP contribution in [0.25, 0.3) is 10.4 Å². The van der Waals surface area contributed by atoms with Crippen LogP contribution in [0.4, 0.5) is 5.69 Å². The maximum absolute atomic E-state index is 9.27. The van der Waals surface area contributed by atoms with E-state index in [0.29, 0.717) is 13.1 Å². The molecule has 0 saturated carbocycles. The first-order valence-electron chi connectivity index (χ1n) is 6.74. The minimum Gasteiger partial charge on any atom is -0.374 e. The minimum atomic E-state index is -0.360. The van der Waals surface area contributed by atoms with Gasteiger partial charge in [-0.1, -0.05) is 17.2 Å². The second-order valence-electron chi connectivity index (χ2n) is 4.88. The summed E-state index contributed by atoms with van der Waals surface area (Å²) in [5, 5.41) is 15.8. The average Bonchev–Trinajstić information content (AvgIpc) is 2.47. The van der Waals surface area contributed by atoms with Gasteiger partial charge in [-0.3, -0.25) is 5.32 Å². The first-order valence-corrected chi connectivity index (χ1v) is 6.74. The molecule has 0 amide bonds. The van der Waals surface area contributed by atoms with Crippen LogP contribution >= 0.6 is 0 Å². The van der Waals surface area contributed by atoms with E-state index in [1.807, 2.05) is 6.07 Å². The molecular formula is C14H18N6. The highest BCUT2D eigenvalue weighted by molar-refractivity contribution is 5.56. The van der Waals surface area contributed by atoms with Gasteiger partial charge in [-0.25, -0.2) is 0 Å². The van der Waals surface area contributed by atoms with Gasteiger partial charge in [0.2, 0.25) is 0 Å². The number of nitrogens with zero attached hydrogens (tertiary/aromatic N) is 5. The van der Waals surface area contributed by atoms with E-state index in [0.717, 1.165) is 24.9 Å². The molecular weight excluding hydrogens is 252 g/mol. The van der Waals surface area contributed by atoms with Crippen LogP contribution in [0, 0.1) is 11.3 Å². The molecule has 0 radical (unpaired) electrons. The Morgan fingerprint density at radius 3 is 3.20 bits per heavy atom. The zero-order valence-electron chi connectivity index (χ0n) is 11.6. The molecule has 6 nitrogen and oxygen atoms in total. The number of hydrogen-bond acceptors (Lipinski definition) is 4. The molecule has 104 valence electrons. The van der Waals surface area contributed by atoms with Gasteiger partial charge < -0.3 is 4.90 Å². The maximum Gasteiger partial charge on any atom is 0.121 e. The van der Waals surface area contributed by atoms with E-state index in [-0.39, 0.29) is 6.04 Å². The molecule has 20 heavy (non-hydrogen) atoms. The quantitative estimate of drug-likeness (QED) is 0.386. The molecule has 1 atom stereocenters. The predicted octanol–water partition coefficient (Wildman–Crippen LogP) is 2.53. The van der Waals surface area contributed by atoms with E-state index in [2.05, 4.69) is 45.5 Å². The van der Waals surface area contributed by atoms with Crippen molar-refractivity contribution in [3.05, 3.63) is 39.8 Å². The van der Waals surface area contributed by atoms with Gasteiger partial charge in [0.05, 0.1) is 6.07 Å². The van der Waals surface area contributed by atoms with Gasteiger partial charge in [0.25, 0.3) is 0 Å². The minimum absolute atomic E-state index is 0.350. The molecule has 1 aliphatic rings. The van der Waals surface area contributed by atoms with Crippen molar-refractivity contribution in [3.63, 3.8) is 0 Å². The van der Waals surface area contributed by atoms with Gasteiger partial charge >= 0.3 is 0 Å². The molecule has 1 unspecified atom stereocenters. The fraction of sp³-hybridized carbons (Fsp3) is 0.500. The largest absolute Gasteiger partial charge is 0.374 e. The van der Waals surface area contributed by atoms with Gasteiger partial charge in [0, 0.05) is 37.3 Å². The Bertz CT molecular complexity index is 555. The Hall–Kier alpha value is -2.22. The lowest BCUT2D eigenvalue weighted by Gasteiger charge is -2.28. The van der Waals surface area contributed by atoms with Gasteiger partial charge in [-0.2, -0.15) is 5.26 Å². The summed E-state index contributed by atoms with van der Waals surface area (Å²) < 4.78 is 0. The highest BCUT2D eigenvalue weighted by atomic mass is 15.1. The summed E-state index contributed by atoms with van der Waals surface area (Å²) in [7, 11) is 2.09. The Balaban J connectivity index is 2.10. The lowest BCUT2D eigenvalue weighted by molar-refractivity contribution is 0.633. The van der Waals surface area contributed by atoms with Crippen LogP contribution in [0.2, 0.25) is 0 Å². The lowest BCUT2D eigenvalue weighted by Crippen LogP contribution is -2.26. The van der Waals surface area contributed by atoms with E-state index in [4.69, 9.17) is 5.53 Å². The summed E-state index contributed by atoms with van der Waals surface area (Å²) in [4.78, 5) is 4.94. The van der Waals surface area contributed by atoms with Crippen LogP contribution < -0.4 is 10.2 Å². The van der Waals surface area contributed by atoms with Crippen LogP contribution in [0.1, 0.15) is 23.6 Å². The van der Waals surface area contributed by atoms with Crippen LogP contribution in [-0.4, -0.2) is 26.7 Å². The van der Waals surface area contributed by atoms with Crippen LogP contribution in [0.5, 0.6) is 0 Å². The summed E-state index contributed by atoms with van der Waals surface area (Å²) in [6.07, 6.45) is 2.21. The first kappa shape index (κ1) is 14.2. The number of rotatable bonds is 5. The monoisotopic (exact) mass is 270 g/mol. The zero-order valence-corrected chi connectivity index (χ0v) is 11.6. The molecule has 1 N–H and O–H groups in total. The molecule has 1 heterocycles. The van der Waals surface area contributed by atoms with Crippen LogP contribution in [0.15, 0.2) is 23.3 Å². The van der Waals surface area contributed by atoms with Crippen LogP contribution in [0.3, 0.4) is 0 Å². The SMILES string of the molecule is CN1CCCc2cc(C(C#N)NCCN=[N+]=[N-])ccc21. The molecule has 0 bridgehead atoms. The third-order valence-corrected chi connectivity index (χ3v) is 3.54. The number of nitriles is 1. The topological polar surface area (TPSA) is 87.8 Å². The number of aryl methyl sites for hydroxylation is 1. The van der Waals surface area contributed by atoms with Crippen molar-refractivity contribution >= 4 is 5.69 Å². The standard InChI is InChI=1S/C14H18N6/c1-20-8-2-3-12-9-11(4-5-14(12)20)13(10-15)17-6-7-18-19-16/h4-5,9,13,17H,2-3,6-8H2,1H3. The van der Waals surface area contributed by atoms with Gasteiger partial charge in [0.1, 0.15) is 6.04 Å². The summed E-state index contributed by atoms with van der Waals surface area (Å²) in [6.45, 7) is 1.93. The van der Waals surface area contributed by atoms with Gasteiger partial charge in [-0.05, 0) is 35.6 Å². The van der Waals surface area contributed by atoms with Crippen molar-refractivity contribution in [2.24, 2.45) is 5.11 Å². The van der Waals surface area contributed by atoms with E-state index < -0.39 is 0 Å². The number of fused-ring (bicyclic) bond motifs is 1. The number of hydrogen-bond donors (Lipinski definition) is 1. The number of anilines is 1. The Morgan fingerprint density at radius 1 is 1.60 bits per heavy atom. The van der Waals surface area contributed by atoms with Crippen molar-refractivity contribution in [1.82, 2.24) is 5.32 Å². The van der Waals surface area contributed by atoms with E-state index >= 15 is 0 Å². The van der Waals surface area contributed by atoms with Crippen molar-refractivity contribution < 1.29 is 0 Å². The van der Waals surface area contributed by atoms with Crippen molar-refractivity contribution in [2.75, 3.05) is 31.6 Å². The molecule has 1 aromatic rings. The molecule has 1 aromatic carbocycles. The number of azide groups is 1. The number of nitrogens with one attached hydrogen (secondary N) is 1. The van der Waals surface area contributed by atoms with E-state index in [9.17, 15) is 5.26 Å². The highest BCUT2D eigenvalue weighted by Crippen LogP contribution is 2.28. The van der Waals surface area contributed by atoms with Crippen molar-refractivity contribution in [1.29, 1.82) is 5.26 Å². The summed E-state index contributed by atoms with van der Waals surface area (Å²) in [5.74, 6) is 0. The second kappa shape index (κ2) is 6.80. The zero-order chi connectivity index (χ0) is 14.4. The number of benzene rings is 1. The third-order valence-electron chi connectivity index (χ3n) is 3.54. The van der Waals surface area contributed by atoms with Crippen molar-refractivity contribution in [3.8, 4) is 6.07 Å². The highest BCUT2D eigenvalue weighted by Gasteiger charge is 2.16. The van der Waals surface area contributed by atoms with Crippen LogP contribution in [-0.2, 0) is 6.42 Å². The molecule has 1 aliphatic heterocycles. The molecule has 0 saturated heterocycles. The Labute approximate surface area is 118 Å². The molecule has 6 heteroatoms. The molecule has 2 rings (SSSR count). The van der Waals surface area contributed by atoms with Gasteiger partial charge in [-0.15, -0.1) is 0 Å². The maximum atomic E-state index is 9.27. The summed E-state index contributed by atoms with van der Waals surface area (Å²) in [5.41, 5.74) is 11.8. The fourth-order valence-corrected chi connectivity index (χ4v) is 2.53. The fourth-order valence-electron chi connectivity index (χ4n) is 2.53. The third kappa shape index (κ3) is 3.21. The van der Waals surface area contributed by atoms with E-state index in [1.165, 1.54) is 11.3 Å². The predicted molar refractivity (Wildman–Crippen MR) is 78.4 cm³/mol. The molecule has 0 fully saturated rings. The molecule has 0 aromatic heterocycles. The Kier molecular flexibility index (Phi) is 4.83. The van der Waals surface area contributed by atoms with Gasteiger partial charge in [0.15, 0.2) is 0 Å². The molecule has 0 spiro atoms. The van der Waals surface area contributed by atoms with Crippen molar-refractivity contribution in [2.45, 2.75) is 18.9 Å². The summed E-state index contributed by atoms with van der Waals surface area (Å²) in [6, 6.07) is 8.09. The average molecular weight is 270 g/mol. The normalized spacial score (nSPS) is 14.9. The Morgan fingerprint density at radius 2 is 2.45 bits per heavy atom. The smallest absolute Gasteiger partial charge is 0.121 e. The first-order chi connectivity index (χ1) is 9.76. The lowest BCUT2D eigenvalue weighted by atomic mass is 9.97. The van der Waals surface area contributed by atoms with E-state index in [1.54, 1.807) is 0 Å².